The zero-order chi connectivity index (χ0) is 18.7. The molecule has 0 spiro atoms. The molecule has 3 aromatic carbocycles. The van der Waals surface area contributed by atoms with Crippen LogP contribution in [0.3, 0.4) is 0 Å². The highest BCUT2D eigenvalue weighted by Crippen LogP contribution is 2.30. The van der Waals surface area contributed by atoms with Crippen molar-refractivity contribution in [3.8, 4) is 11.5 Å². The van der Waals surface area contributed by atoms with Crippen molar-refractivity contribution >= 4 is 21.9 Å². The van der Waals surface area contributed by atoms with Gasteiger partial charge in [0, 0.05) is 5.56 Å². The number of nitrogens with zero attached hydrogens (tertiary/aromatic N) is 1. The van der Waals surface area contributed by atoms with Gasteiger partial charge in [0.1, 0.15) is 5.52 Å². The van der Waals surface area contributed by atoms with E-state index in [2.05, 4.69) is 4.98 Å². The summed E-state index contributed by atoms with van der Waals surface area (Å²) in [7, 11) is 0. The third-order valence-corrected chi connectivity index (χ3v) is 2.82. The van der Waals surface area contributed by atoms with Crippen LogP contribution in [-0.2, 0) is 0 Å². The molecule has 0 atom stereocenters. The van der Waals surface area contributed by atoms with Gasteiger partial charge in [0.2, 0.25) is 5.89 Å². The summed E-state index contributed by atoms with van der Waals surface area (Å²) < 4.78 is 62.1. The Kier molecular flexibility index (Phi) is 1.16. The normalized spacial score (nSPS) is 16.3. The Bertz CT molecular complexity index is 1170. The molecule has 0 N–H and O–H groups in total. The van der Waals surface area contributed by atoms with E-state index < -0.39 is 30.2 Å². The Balaban J connectivity index is 2.25. The molecule has 0 aliphatic rings. The van der Waals surface area contributed by atoms with E-state index in [1.165, 1.54) is 0 Å². The third kappa shape index (κ3) is 1.61. The van der Waals surface area contributed by atoms with Crippen LogP contribution in [0.2, 0.25) is 0 Å². The van der Waals surface area contributed by atoms with Gasteiger partial charge in [-0.05, 0) is 28.9 Å². The maximum atomic E-state index is 8.26. The van der Waals surface area contributed by atoms with E-state index in [-0.39, 0.29) is 34.3 Å². The second kappa shape index (κ2) is 3.95. The molecule has 2 nitrogen and oxygen atoms in total. The second-order valence-corrected chi connectivity index (χ2v) is 3.99. The van der Waals surface area contributed by atoms with Crippen LogP contribution < -0.4 is 0 Å². The fraction of sp³-hybridized carbons (Fsp3) is 0. The second-order valence-electron chi connectivity index (χ2n) is 3.99. The fourth-order valence-electron chi connectivity index (χ4n) is 1.95. The van der Waals surface area contributed by atoms with E-state index in [1.54, 1.807) is 24.3 Å². The summed E-state index contributed by atoms with van der Waals surface area (Å²) in [5.41, 5.74) is 0.971. The maximum absolute atomic E-state index is 8.26. The summed E-state index contributed by atoms with van der Waals surface area (Å²) in [6.07, 6.45) is 0. The molecule has 1 heterocycles. The van der Waals surface area contributed by atoms with Crippen molar-refractivity contribution in [3.63, 3.8) is 0 Å². The van der Waals surface area contributed by atoms with Crippen LogP contribution >= 0.6 is 0 Å². The zero-order valence-electron chi connectivity index (χ0n) is 16.7. The summed E-state index contributed by atoms with van der Waals surface area (Å²) >= 11 is 0. The average molecular weight is 252 g/mol. The van der Waals surface area contributed by atoms with E-state index in [4.69, 9.17) is 14.0 Å². The van der Waals surface area contributed by atoms with Gasteiger partial charge in [0.15, 0.2) is 5.58 Å². The monoisotopic (exact) mass is 252 g/mol. The number of hydrogen-bond donors (Lipinski definition) is 0. The minimum absolute atomic E-state index is 0.01000. The van der Waals surface area contributed by atoms with Crippen LogP contribution in [0.25, 0.3) is 33.3 Å². The average Bonchev–Trinajstić information content (AvgIpc) is 3.06. The van der Waals surface area contributed by atoms with Crippen LogP contribution in [0.4, 0.5) is 0 Å². The summed E-state index contributed by atoms with van der Waals surface area (Å²) in [6, 6.07) is 3.92. The number of aromatic nitrogens is 1. The van der Waals surface area contributed by atoms with Crippen molar-refractivity contribution in [2.24, 2.45) is 0 Å². The van der Waals surface area contributed by atoms with Crippen LogP contribution in [0, 0.1) is 0 Å². The van der Waals surface area contributed by atoms with E-state index in [1.807, 2.05) is 0 Å². The quantitative estimate of drug-likeness (QED) is 0.493. The minimum Gasteiger partial charge on any atom is -0.436 e. The van der Waals surface area contributed by atoms with Crippen molar-refractivity contribution in [1.82, 2.24) is 4.98 Å². The molecule has 0 radical (unpaired) electrons. The Morgan fingerprint density at radius 2 is 1.79 bits per heavy atom. The molecular weight excluding hydrogens is 234 g/mol. The van der Waals surface area contributed by atoms with Crippen LogP contribution in [0.5, 0.6) is 0 Å². The van der Waals surface area contributed by atoms with Gasteiger partial charge in [-0.25, -0.2) is 4.98 Å². The highest BCUT2D eigenvalue weighted by atomic mass is 16.3. The SMILES string of the molecule is [2H]c1c([2H])c([2H])c2c(-c3nc4ccccc4o3)c([2H])c([2H])c([2H])c2c1[2H]. The number of fused-ring (bicyclic) bond motifs is 2. The van der Waals surface area contributed by atoms with Crippen molar-refractivity contribution in [2.75, 3.05) is 0 Å². The predicted octanol–water partition coefficient (Wildman–Crippen LogP) is 4.65. The lowest BCUT2D eigenvalue weighted by atomic mass is 10.0. The Morgan fingerprint density at radius 3 is 2.74 bits per heavy atom. The molecule has 2 heteroatoms. The van der Waals surface area contributed by atoms with Gasteiger partial charge in [-0.15, -0.1) is 0 Å². The van der Waals surface area contributed by atoms with E-state index >= 15 is 0 Å². The smallest absolute Gasteiger partial charge is 0.227 e. The summed E-state index contributed by atoms with van der Waals surface area (Å²) in [5, 5.41) is -0.150. The van der Waals surface area contributed by atoms with Gasteiger partial charge in [-0.3, -0.25) is 0 Å². The summed E-state index contributed by atoms with van der Waals surface area (Å²) in [5.74, 6) is -0.0141. The molecule has 0 bridgehead atoms. The van der Waals surface area contributed by atoms with E-state index in [9.17, 15) is 0 Å². The first-order valence-corrected chi connectivity index (χ1v) is 5.68. The van der Waals surface area contributed by atoms with Gasteiger partial charge in [0.25, 0.3) is 0 Å². The number of rotatable bonds is 1. The Labute approximate surface area is 120 Å². The topological polar surface area (TPSA) is 26.0 Å². The first-order chi connectivity index (χ1) is 12.3. The molecular formula is C17H11NO. The van der Waals surface area contributed by atoms with Gasteiger partial charge in [-0.1, -0.05) is 48.4 Å². The van der Waals surface area contributed by atoms with Gasteiger partial charge >= 0.3 is 0 Å². The molecule has 90 valence electrons. The van der Waals surface area contributed by atoms with Crippen molar-refractivity contribution in [2.45, 2.75) is 0 Å². The molecule has 0 aliphatic heterocycles. The Morgan fingerprint density at radius 1 is 0.947 bits per heavy atom. The first-order valence-electron chi connectivity index (χ1n) is 9.18. The van der Waals surface area contributed by atoms with Crippen molar-refractivity contribution in [1.29, 1.82) is 0 Å². The van der Waals surface area contributed by atoms with Gasteiger partial charge in [-0.2, -0.15) is 0 Å². The zero-order valence-corrected chi connectivity index (χ0v) is 9.66. The predicted molar refractivity (Wildman–Crippen MR) is 77.0 cm³/mol. The molecule has 0 saturated carbocycles. The van der Waals surface area contributed by atoms with E-state index in [0.29, 0.717) is 11.1 Å². The highest BCUT2D eigenvalue weighted by Gasteiger charge is 2.10. The van der Waals surface area contributed by atoms with Gasteiger partial charge in [0.05, 0.1) is 9.60 Å². The number of hydrogen-bond acceptors (Lipinski definition) is 2. The molecule has 0 aliphatic carbocycles. The van der Waals surface area contributed by atoms with Crippen LogP contribution in [0.15, 0.2) is 71.0 Å². The number of para-hydroxylation sites is 2. The van der Waals surface area contributed by atoms with Crippen molar-refractivity contribution < 1.29 is 14.0 Å². The molecule has 4 aromatic rings. The number of oxazole rings is 1. The lowest BCUT2D eigenvalue weighted by molar-refractivity contribution is 0.620. The van der Waals surface area contributed by atoms with Crippen molar-refractivity contribution in [3.05, 3.63) is 66.6 Å². The van der Waals surface area contributed by atoms with E-state index in [0.717, 1.165) is 0 Å². The molecule has 1 aromatic heterocycles. The lowest BCUT2D eigenvalue weighted by Crippen LogP contribution is -1.80. The lowest BCUT2D eigenvalue weighted by Gasteiger charge is -2.01. The van der Waals surface area contributed by atoms with Crippen LogP contribution in [0.1, 0.15) is 9.60 Å². The summed E-state index contributed by atoms with van der Waals surface area (Å²) in [4.78, 5) is 4.30. The molecule has 0 amide bonds. The molecule has 0 unspecified atom stereocenters. The summed E-state index contributed by atoms with van der Waals surface area (Å²) in [6.45, 7) is 0. The minimum atomic E-state index is -0.489. The standard InChI is InChI=1S/C17H11NO/c1-2-8-13-12(6-1)7-5-9-14(13)17-18-15-10-3-4-11-16(15)19-17/h1-11H/i1D,2D,5D,6D,7D,8D,9D. The van der Waals surface area contributed by atoms with Gasteiger partial charge < -0.3 is 4.42 Å². The third-order valence-electron chi connectivity index (χ3n) is 2.82. The maximum Gasteiger partial charge on any atom is 0.227 e. The fourth-order valence-corrected chi connectivity index (χ4v) is 1.95. The Hall–Kier alpha value is -2.61. The van der Waals surface area contributed by atoms with Crippen LogP contribution in [-0.4, -0.2) is 4.98 Å². The molecule has 19 heavy (non-hydrogen) atoms. The number of benzene rings is 3. The largest absolute Gasteiger partial charge is 0.436 e. The molecule has 0 fully saturated rings. The molecule has 4 rings (SSSR count). The molecule has 0 saturated heterocycles. The first kappa shape index (κ1) is 5.57. The highest BCUT2D eigenvalue weighted by molar-refractivity contribution is 5.95.